The van der Waals surface area contributed by atoms with E-state index < -0.39 is 5.97 Å². The summed E-state index contributed by atoms with van der Waals surface area (Å²) in [5.41, 5.74) is 4.92. The average molecular weight is 591 g/mol. The molecule has 9 heteroatoms. The van der Waals surface area contributed by atoms with Crippen molar-refractivity contribution in [2.75, 3.05) is 52.5 Å². The highest BCUT2D eigenvalue weighted by Crippen LogP contribution is 2.49. The molecule has 2 aromatic carbocycles. The van der Waals surface area contributed by atoms with Gasteiger partial charge in [0.15, 0.2) is 11.5 Å². The second-order valence-electron chi connectivity index (χ2n) is 10.9. The number of halogens is 2. The van der Waals surface area contributed by atoms with Crippen LogP contribution in [0.15, 0.2) is 36.4 Å². The molecule has 3 heterocycles. The first-order valence-electron chi connectivity index (χ1n) is 14.4. The molecule has 3 aliphatic rings. The molecule has 0 atom stereocenters. The molecule has 1 saturated carbocycles. The summed E-state index contributed by atoms with van der Waals surface area (Å²) in [6.07, 6.45) is 6.11. The average Bonchev–Trinajstić information content (AvgIpc) is 3.14. The van der Waals surface area contributed by atoms with E-state index in [9.17, 15) is 9.90 Å². The standard InChI is InChI=1S/C31H39N3O4.2ClH/c1-2-32-13-15-33(16-14-32)17-19-37-27-10-6-9-25-29-28(22-7-4-3-5-8-22)24-12-11-23(31(35)36)21-26(24)34(29)18-20-38-30(25)27;;/h6,9-12,21-22H,2-5,7-8,13-20H2,1H3,(H,35,36);2*1H. The van der Waals surface area contributed by atoms with Crippen LogP contribution in [0.5, 0.6) is 11.5 Å². The molecule has 3 aromatic rings. The number of hydrogen-bond donors (Lipinski definition) is 1. The fourth-order valence-electron chi connectivity index (χ4n) is 6.65. The summed E-state index contributed by atoms with van der Waals surface area (Å²) in [6, 6.07) is 11.9. The van der Waals surface area contributed by atoms with Gasteiger partial charge in [-0.25, -0.2) is 4.79 Å². The summed E-state index contributed by atoms with van der Waals surface area (Å²) >= 11 is 0. The Balaban J connectivity index is 0.00000185. The number of hydrogen-bond acceptors (Lipinski definition) is 5. The number of fused-ring (bicyclic) bond motifs is 5. The second-order valence-corrected chi connectivity index (χ2v) is 10.9. The number of rotatable bonds is 7. The van der Waals surface area contributed by atoms with Crippen LogP contribution in [0.2, 0.25) is 0 Å². The molecule has 1 aliphatic carbocycles. The van der Waals surface area contributed by atoms with Gasteiger partial charge in [0, 0.05) is 49.2 Å². The number of carbonyl (C=O) groups is 1. The molecule has 218 valence electrons. The highest BCUT2D eigenvalue weighted by Gasteiger charge is 2.30. The van der Waals surface area contributed by atoms with Gasteiger partial charge < -0.3 is 24.0 Å². The predicted octanol–water partition coefficient (Wildman–Crippen LogP) is 6.31. The minimum Gasteiger partial charge on any atom is -0.488 e. The number of para-hydroxylation sites is 1. The Hall–Kier alpha value is -2.45. The first-order valence-corrected chi connectivity index (χ1v) is 14.4. The third-order valence-corrected chi connectivity index (χ3v) is 8.74. The highest BCUT2D eigenvalue weighted by molar-refractivity contribution is 5.99. The van der Waals surface area contributed by atoms with Crippen LogP contribution in [0.3, 0.4) is 0 Å². The summed E-state index contributed by atoms with van der Waals surface area (Å²) in [5, 5.41) is 10.9. The molecular weight excluding hydrogens is 549 g/mol. The van der Waals surface area contributed by atoms with Gasteiger partial charge in [0.2, 0.25) is 0 Å². The molecule has 6 rings (SSSR count). The molecule has 40 heavy (non-hydrogen) atoms. The summed E-state index contributed by atoms with van der Waals surface area (Å²) in [7, 11) is 0. The number of likely N-dealkylation sites (N-methyl/N-ethyl adjacent to an activating group) is 1. The molecule has 2 fully saturated rings. The van der Waals surface area contributed by atoms with E-state index in [0.717, 1.165) is 61.8 Å². The molecule has 7 nitrogen and oxygen atoms in total. The quantitative estimate of drug-likeness (QED) is 0.348. The number of aromatic nitrogens is 1. The minimum absolute atomic E-state index is 0. The van der Waals surface area contributed by atoms with Crippen molar-refractivity contribution < 1.29 is 19.4 Å². The van der Waals surface area contributed by atoms with E-state index in [-0.39, 0.29) is 24.8 Å². The van der Waals surface area contributed by atoms with Crippen molar-refractivity contribution in [2.45, 2.75) is 51.5 Å². The van der Waals surface area contributed by atoms with Gasteiger partial charge in [-0.1, -0.05) is 38.3 Å². The van der Waals surface area contributed by atoms with Crippen molar-refractivity contribution in [1.29, 1.82) is 0 Å². The molecule has 1 N–H and O–H groups in total. The molecule has 1 aromatic heterocycles. The number of carboxylic acid groups (broad SMARTS) is 1. The maximum absolute atomic E-state index is 11.8. The molecule has 0 unspecified atom stereocenters. The lowest BCUT2D eigenvalue weighted by Crippen LogP contribution is -2.47. The molecule has 0 spiro atoms. The van der Waals surface area contributed by atoms with Gasteiger partial charge in [0.1, 0.15) is 13.2 Å². The zero-order valence-electron chi connectivity index (χ0n) is 23.3. The van der Waals surface area contributed by atoms with Gasteiger partial charge in [-0.05, 0) is 55.1 Å². The van der Waals surface area contributed by atoms with Gasteiger partial charge in [-0.3, -0.25) is 4.90 Å². The third-order valence-electron chi connectivity index (χ3n) is 8.74. The molecular formula is C31H41Cl2N3O4. The highest BCUT2D eigenvalue weighted by atomic mass is 35.5. The van der Waals surface area contributed by atoms with E-state index >= 15 is 0 Å². The van der Waals surface area contributed by atoms with Crippen LogP contribution in [0, 0.1) is 0 Å². The molecule has 0 radical (unpaired) electrons. The van der Waals surface area contributed by atoms with Crippen LogP contribution in [-0.4, -0.2) is 77.9 Å². The fraction of sp³-hybridized carbons (Fsp3) is 0.516. The lowest BCUT2D eigenvalue weighted by Gasteiger charge is -2.33. The first-order chi connectivity index (χ1) is 18.6. The van der Waals surface area contributed by atoms with Crippen molar-refractivity contribution in [3.8, 4) is 22.8 Å². The SMILES string of the molecule is CCN1CCN(CCOc2cccc3c2OCCn2c-3c(C3CCCCC3)c3ccc(C(=O)O)cc32)CC1.Cl.Cl. The number of aromatic carboxylic acids is 1. The lowest BCUT2D eigenvalue weighted by molar-refractivity contribution is 0.0697. The van der Waals surface area contributed by atoms with Crippen LogP contribution in [0.25, 0.3) is 22.2 Å². The molecule has 1 saturated heterocycles. The van der Waals surface area contributed by atoms with Crippen molar-refractivity contribution in [3.05, 3.63) is 47.5 Å². The lowest BCUT2D eigenvalue weighted by atomic mass is 9.81. The van der Waals surface area contributed by atoms with E-state index in [2.05, 4.69) is 33.4 Å². The van der Waals surface area contributed by atoms with Gasteiger partial charge >= 0.3 is 5.97 Å². The Kier molecular flexibility index (Phi) is 10.3. The molecule has 0 amide bonds. The van der Waals surface area contributed by atoms with Crippen LogP contribution < -0.4 is 9.47 Å². The smallest absolute Gasteiger partial charge is 0.335 e. The van der Waals surface area contributed by atoms with Crippen LogP contribution in [0.1, 0.15) is 60.9 Å². The molecule has 2 aliphatic heterocycles. The number of piperazine rings is 1. The van der Waals surface area contributed by atoms with Gasteiger partial charge in [0.25, 0.3) is 0 Å². The Morgan fingerprint density at radius 3 is 2.48 bits per heavy atom. The fourth-order valence-corrected chi connectivity index (χ4v) is 6.65. The number of benzene rings is 2. The Bertz CT molecular complexity index is 1310. The Labute approximate surface area is 249 Å². The van der Waals surface area contributed by atoms with Gasteiger partial charge in [0.05, 0.1) is 17.8 Å². The number of carboxylic acids is 1. The number of ether oxygens (including phenoxy) is 2. The second kappa shape index (κ2) is 13.5. The maximum atomic E-state index is 11.8. The first kappa shape index (κ1) is 30.5. The monoisotopic (exact) mass is 589 g/mol. The van der Waals surface area contributed by atoms with E-state index in [4.69, 9.17) is 9.47 Å². The van der Waals surface area contributed by atoms with Crippen molar-refractivity contribution in [3.63, 3.8) is 0 Å². The van der Waals surface area contributed by atoms with E-state index in [1.165, 1.54) is 48.7 Å². The summed E-state index contributed by atoms with van der Waals surface area (Å²) in [4.78, 5) is 16.8. The van der Waals surface area contributed by atoms with Crippen LogP contribution >= 0.6 is 24.8 Å². The van der Waals surface area contributed by atoms with Crippen LogP contribution in [-0.2, 0) is 6.54 Å². The normalized spacial score (nSPS) is 18.0. The minimum atomic E-state index is -0.890. The summed E-state index contributed by atoms with van der Waals surface area (Å²) in [6.45, 7) is 10.5. The largest absolute Gasteiger partial charge is 0.488 e. The number of nitrogens with zero attached hydrogens (tertiary/aromatic N) is 3. The van der Waals surface area contributed by atoms with Crippen molar-refractivity contribution in [2.24, 2.45) is 0 Å². The van der Waals surface area contributed by atoms with E-state index in [1.807, 2.05) is 18.2 Å². The summed E-state index contributed by atoms with van der Waals surface area (Å²) in [5.74, 6) is 1.20. The van der Waals surface area contributed by atoms with Gasteiger partial charge in [-0.2, -0.15) is 0 Å². The predicted molar refractivity (Wildman–Crippen MR) is 164 cm³/mol. The zero-order chi connectivity index (χ0) is 26.1. The summed E-state index contributed by atoms with van der Waals surface area (Å²) < 4.78 is 15.1. The van der Waals surface area contributed by atoms with Gasteiger partial charge in [-0.15, -0.1) is 24.8 Å². The van der Waals surface area contributed by atoms with Crippen LogP contribution in [0.4, 0.5) is 0 Å². The maximum Gasteiger partial charge on any atom is 0.335 e. The zero-order valence-corrected chi connectivity index (χ0v) is 24.9. The Morgan fingerprint density at radius 1 is 1.00 bits per heavy atom. The van der Waals surface area contributed by atoms with E-state index in [1.54, 1.807) is 6.07 Å². The van der Waals surface area contributed by atoms with E-state index in [0.29, 0.717) is 31.2 Å². The topological polar surface area (TPSA) is 67.2 Å². The van der Waals surface area contributed by atoms with Crippen molar-refractivity contribution in [1.82, 2.24) is 14.4 Å². The molecule has 0 bridgehead atoms. The van der Waals surface area contributed by atoms with Crippen molar-refractivity contribution >= 4 is 41.7 Å². The Morgan fingerprint density at radius 2 is 1.75 bits per heavy atom. The third kappa shape index (κ3) is 5.94.